The van der Waals surface area contributed by atoms with Crippen LogP contribution in [0.25, 0.3) is 0 Å². The largest absolute Gasteiger partial charge is 0.342 e. The Hall–Kier alpha value is -2.32. The highest BCUT2D eigenvalue weighted by atomic mass is 32.2. The number of rotatable bonds is 5. The van der Waals surface area contributed by atoms with E-state index in [-0.39, 0.29) is 28.5 Å². The van der Waals surface area contributed by atoms with Gasteiger partial charge in [-0.25, -0.2) is 22.2 Å². The van der Waals surface area contributed by atoms with Crippen molar-refractivity contribution < 1.29 is 17.2 Å². The Bertz CT molecular complexity index is 997. The minimum atomic E-state index is -3.59. The van der Waals surface area contributed by atoms with Gasteiger partial charge in [0.15, 0.2) is 0 Å². The number of fused-ring (bicyclic) bond motifs is 1. The third kappa shape index (κ3) is 3.79. The summed E-state index contributed by atoms with van der Waals surface area (Å²) in [6.45, 7) is 0. The van der Waals surface area contributed by atoms with Crippen LogP contribution in [0.1, 0.15) is 30.7 Å². The number of aliphatic imine (C=N–C) groups is 1. The first-order valence-electron chi connectivity index (χ1n) is 9.62. The number of nitrogens with one attached hydrogen (secondary N) is 1. The number of sulfonamides is 1. The molecule has 0 bridgehead atoms. The fourth-order valence-corrected chi connectivity index (χ4v) is 5.45. The third-order valence-electron chi connectivity index (χ3n) is 5.77. The van der Waals surface area contributed by atoms with Crippen molar-refractivity contribution in [3.05, 3.63) is 66.0 Å². The highest BCUT2D eigenvalue weighted by molar-refractivity contribution is 7.89. The van der Waals surface area contributed by atoms with E-state index in [1.807, 2.05) is 12.2 Å². The summed E-state index contributed by atoms with van der Waals surface area (Å²) < 4.78 is 53.5. The van der Waals surface area contributed by atoms with Crippen molar-refractivity contribution >= 4 is 15.9 Å². The molecule has 0 aromatic heterocycles. The molecule has 1 aliphatic carbocycles. The van der Waals surface area contributed by atoms with E-state index in [1.54, 1.807) is 37.5 Å². The Morgan fingerprint density at radius 2 is 1.93 bits per heavy atom. The summed E-state index contributed by atoms with van der Waals surface area (Å²) >= 11 is 0. The van der Waals surface area contributed by atoms with Crippen LogP contribution < -0.4 is 5.32 Å². The van der Waals surface area contributed by atoms with Gasteiger partial charge in [-0.05, 0) is 43.0 Å². The molecule has 5 nitrogen and oxygen atoms in total. The van der Waals surface area contributed by atoms with E-state index >= 15 is 0 Å². The fraction of sp³-hybridized carbons (Fsp3) is 0.381. The molecule has 4 rings (SSSR count). The van der Waals surface area contributed by atoms with Crippen molar-refractivity contribution in [3.8, 4) is 0 Å². The van der Waals surface area contributed by atoms with Gasteiger partial charge in [0.25, 0.3) is 6.43 Å². The van der Waals surface area contributed by atoms with E-state index in [1.165, 1.54) is 10.4 Å². The Morgan fingerprint density at radius 1 is 1.17 bits per heavy atom. The van der Waals surface area contributed by atoms with Crippen LogP contribution >= 0.6 is 0 Å². The van der Waals surface area contributed by atoms with Crippen molar-refractivity contribution in [2.75, 3.05) is 7.05 Å². The zero-order chi connectivity index (χ0) is 20.6. The molecule has 3 atom stereocenters. The lowest BCUT2D eigenvalue weighted by Crippen LogP contribution is -2.37. The Morgan fingerprint density at radius 3 is 2.59 bits per heavy atom. The van der Waals surface area contributed by atoms with E-state index in [9.17, 15) is 17.2 Å². The number of alkyl halides is 2. The molecule has 0 saturated carbocycles. The molecule has 0 amide bonds. The zero-order valence-electron chi connectivity index (χ0n) is 16.0. The molecule has 0 radical (unpaired) electrons. The molecule has 2 heterocycles. The third-order valence-corrected chi connectivity index (χ3v) is 7.70. The molecule has 154 valence electrons. The highest BCUT2D eigenvalue weighted by Gasteiger charge is 2.34. The summed E-state index contributed by atoms with van der Waals surface area (Å²) in [6.07, 6.45) is 8.88. The van der Waals surface area contributed by atoms with Crippen molar-refractivity contribution in [2.24, 2.45) is 10.9 Å². The van der Waals surface area contributed by atoms with Crippen LogP contribution in [0.3, 0.4) is 0 Å². The minimum Gasteiger partial charge on any atom is -0.342 e. The van der Waals surface area contributed by atoms with E-state index < -0.39 is 16.4 Å². The fourth-order valence-electron chi connectivity index (χ4n) is 4.05. The van der Waals surface area contributed by atoms with Gasteiger partial charge < -0.3 is 5.32 Å². The molecule has 29 heavy (non-hydrogen) atoms. The van der Waals surface area contributed by atoms with Crippen LogP contribution in [0.5, 0.6) is 0 Å². The summed E-state index contributed by atoms with van der Waals surface area (Å²) in [5, 5.41) is 2.68. The molecule has 3 unspecified atom stereocenters. The number of halogens is 2. The monoisotopic (exact) mass is 419 g/mol. The number of allylic oxidation sites excluding steroid dienone is 3. The van der Waals surface area contributed by atoms with E-state index in [4.69, 9.17) is 0 Å². The first-order chi connectivity index (χ1) is 13.9. The standard InChI is InChI=1S/C21H23F2N3O2S/c1-26(15-5-3-2-4-6-15)29(27,28)16-9-7-14(8-10-16)17-11-12-24-21-18(17)13-19(25-21)20(22)23/h2-3,7-13,15,17-18,20H,4-6H2,1H3,(H,24,25). The zero-order valence-corrected chi connectivity index (χ0v) is 16.8. The topological polar surface area (TPSA) is 61.8 Å². The molecule has 1 aromatic carbocycles. The molecule has 0 saturated heterocycles. The first kappa shape index (κ1) is 20.0. The second kappa shape index (κ2) is 7.84. The van der Waals surface area contributed by atoms with Crippen LogP contribution in [-0.2, 0) is 10.0 Å². The second-order valence-corrected chi connectivity index (χ2v) is 9.48. The predicted octanol–water partition coefficient (Wildman–Crippen LogP) is 3.79. The van der Waals surface area contributed by atoms with Crippen molar-refractivity contribution in [2.45, 2.75) is 42.5 Å². The predicted molar refractivity (Wildman–Crippen MR) is 108 cm³/mol. The Labute approximate surface area is 169 Å². The van der Waals surface area contributed by atoms with Crippen LogP contribution in [0.15, 0.2) is 70.4 Å². The maximum Gasteiger partial charge on any atom is 0.277 e. The van der Waals surface area contributed by atoms with Gasteiger partial charge in [0.05, 0.1) is 10.6 Å². The molecule has 1 aromatic rings. The van der Waals surface area contributed by atoms with Gasteiger partial charge in [-0.3, -0.25) is 0 Å². The number of hydrogen-bond acceptors (Lipinski definition) is 4. The summed E-state index contributed by atoms with van der Waals surface area (Å²) in [7, 11) is -1.96. The molecule has 0 spiro atoms. The van der Waals surface area contributed by atoms with Gasteiger partial charge in [0.2, 0.25) is 10.0 Å². The first-order valence-corrected chi connectivity index (χ1v) is 11.1. The van der Waals surface area contributed by atoms with Gasteiger partial charge >= 0.3 is 0 Å². The molecule has 0 fully saturated rings. The number of benzene rings is 1. The van der Waals surface area contributed by atoms with Crippen LogP contribution in [0, 0.1) is 5.92 Å². The van der Waals surface area contributed by atoms with Gasteiger partial charge in [0.1, 0.15) is 5.84 Å². The number of nitrogens with zero attached hydrogens (tertiary/aromatic N) is 2. The molecule has 8 heteroatoms. The maximum atomic E-state index is 13.0. The minimum absolute atomic E-state index is 0.0350. The quantitative estimate of drug-likeness (QED) is 0.739. The molecular formula is C21H23F2N3O2S. The number of hydrogen-bond donors (Lipinski definition) is 1. The summed E-state index contributed by atoms with van der Waals surface area (Å²) in [6, 6.07) is 6.67. The van der Waals surface area contributed by atoms with Gasteiger partial charge in [0, 0.05) is 31.1 Å². The van der Waals surface area contributed by atoms with Gasteiger partial charge in [-0.15, -0.1) is 0 Å². The van der Waals surface area contributed by atoms with E-state index in [2.05, 4.69) is 16.4 Å². The van der Waals surface area contributed by atoms with Crippen molar-refractivity contribution in [1.29, 1.82) is 0 Å². The summed E-state index contributed by atoms with van der Waals surface area (Å²) in [4.78, 5) is 4.40. The second-order valence-electron chi connectivity index (χ2n) is 7.48. The average molecular weight is 419 g/mol. The number of amidine groups is 1. The van der Waals surface area contributed by atoms with E-state index in [0.717, 1.165) is 24.8 Å². The van der Waals surface area contributed by atoms with Crippen molar-refractivity contribution in [3.63, 3.8) is 0 Å². The van der Waals surface area contributed by atoms with Crippen LogP contribution in [-0.4, -0.2) is 38.1 Å². The Balaban J connectivity index is 1.56. The maximum absolute atomic E-state index is 13.0. The lowest BCUT2D eigenvalue weighted by molar-refractivity contribution is 0.185. The van der Waals surface area contributed by atoms with Crippen LogP contribution in [0.4, 0.5) is 8.78 Å². The van der Waals surface area contributed by atoms with Crippen molar-refractivity contribution in [1.82, 2.24) is 9.62 Å². The summed E-state index contributed by atoms with van der Waals surface area (Å²) in [5.74, 6) is 0.0157. The molecular weight excluding hydrogens is 396 g/mol. The normalized spacial score (nSPS) is 26.3. The highest BCUT2D eigenvalue weighted by Crippen LogP contribution is 2.36. The van der Waals surface area contributed by atoms with E-state index in [0.29, 0.717) is 5.84 Å². The molecule has 3 aliphatic rings. The smallest absolute Gasteiger partial charge is 0.277 e. The van der Waals surface area contributed by atoms with Gasteiger partial charge in [-0.1, -0.05) is 30.4 Å². The van der Waals surface area contributed by atoms with Crippen LogP contribution in [0.2, 0.25) is 0 Å². The van der Waals surface area contributed by atoms with Gasteiger partial charge in [-0.2, -0.15) is 4.31 Å². The summed E-state index contributed by atoms with van der Waals surface area (Å²) in [5.41, 5.74) is 0.722. The lowest BCUT2D eigenvalue weighted by Gasteiger charge is -2.28. The molecule has 1 N–H and O–H groups in total. The molecule has 2 aliphatic heterocycles. The lowest BCUT2D eigenvalue weighted by atomic mass is 9.84. The SMILES string of the molecule is CN(C1CC=CCC1)S(=O)(=O)c1ccc(C2C=CN=C3NC(C(F)F)=CC32)cc1. The average Bonchev–Trinajstić information content (AvgIpc) is 3.19. The Kier molecular flexibility index (Phi) is 5.40.